The Morgan fingerprint density at radius 2 is 1.84 bits per heavy atom. The molecule has 32 heavy (non-hydrogen) atoms. The van der Waals surface area contributed by atoms with E-state index >= 15 is 0 Å². The molecule has 1 saturated heterocycles. The predicted molar refractivity (Wildman–Crippen MR) is 128 cm³/mol. The van der Waals surface area contributed by atoms with Crippen LogP contribution in [0.25, 0.3) is 10.6 Å². The highest BCUT2D eigenvalue weighted by Crippen LogP contribution is 2.27. The molecule has 1 aromatic heterocycles. The first-order valence-corrected chi connectivity index (χ1v) is 12.2. The molecule has 2 aromatic carbocycles. The van der Waals surface area contributed by atoms with Crippen molar-refractivity contribution < 1.29 is 9.59 Å². The predicted octanol–water partition coefficient (Wildman–Crippen LogP) is 4.65. The number of amides is 2. The fourth-order valence-corrected chi connectivity index (χ4v) is 5.17. The number of rotatable bonds is 8. The molecule has 2 atom stereocenters. The SMILES string of the molecule is CC[C@H](C(=O)N1CCC[C@@H]1C(=O)NCCc1csc(-c2ccccc2)n1)c1ccccc1. The quantitative estimate of drug-likeness (QED) is 0.547. The van der Waals surface area contributed by atoms with Crippen LogP contribution in [0.3, 0.4) is 0 Å². The van der Waals surface area contributed by atoms with E-state index in [1.807, 2.05) is 60.8 Å². The molecule has 0 saturated carbocycles. The number of nitrogens with one attached hydrogen (secondary N) is 1. The standard InChI is InChI=1S/C26H29N3O2S/c1-2-22(19-10-5-3-6-11-19)26(31)29-17-9-14-23(29)24(30)27-16-15-21-18-32-25(28-21)20-12-7-4-8-13-20/h3-8,10-13,18,22-23H,2,9,14-17H2,1H3,(H,27,30)/t22-,23+/m0/s1. The van der Waals surface area contributed by atoms with E-state index in [-0.39, 0.29) is 23.8 Å². The van der Waals surface area contributed by atoms with Crippen molar-refractivity contribution in [2.45, 2.75) is 44.6 Å². The summed E-state index contributed by atoms with van der Waals surface area (Å²) in [5.41, 5.74) is 3.10. The number of benzene rings is 2. The highest BCUT2D eigenvalue weighted by molar-refractivity contribution is 7.13. The van der Waals surface area contributed by atoms with E-state index in [0.29, 0.717) is 19.5 Å². The molecule has 0 unspecified atom stereocenters. The van der Waals surface area contributed by atoms with Crippen molar-refractivity contribution in [1.82, 2.24) is 15.2 Å². The molecule has 2 heterocycles. The van der Waals surface area contributed by atoms with Crippen LogP contribution >= 0.6 is 11.3 Å². The van der Waals surface area contributed by atoms with Gasteiger partial charge in [0.2, 0.25) is 11.8 Å². The molecular weight excluding hydrogens is 418 g/mol. The minimum atomic E-state index is -0.379. The summed E-state index contributed by atoms with van der Waals surface area (Å²) in [7, 11) is 0. The van der Waals surface area contributed by atoms with Gasteiger partial charge in [0.1, 0.15) is 11.0 Å². The summed E-state index contributed by atoms with van der Waals surface area (Å²) in [4.78, 5) is 32.6. The lowest BCUT2D eigenvalue weighted by atomic mass is 9.94. The lowest BCUT2D eigenvalue weighted by Crippen LogP contribution is -2.47. The third-order valence-electron chi connectivity index (χ3n) is 6.00. The zero-order valence-corrected chi connectivity index (χ0v) is 19.2. The van der Waals surface area contributed by atoms with Gasteiger partial charge in [0, 0.05) is 30.5 Å². The van der Waals surface area contributed by atoms with Crippen LogP contribution in [0, 0.1) is 0 Å². The maximum atomic E-state index is 13.3. The van der Waals surface area contributed by atoms with Crippen molar-refractivity contribution in [1.29, 1.82) is 0 Å². The molecule has 0 aliphatic carbocycles. The van der Waals surface area contributed by atoms with E-state index in [9.17, 15) is 9.59 Å². The Labute approximate surface area is 193 Å². The molecule has 166 valence electrons. The van der Waals surface area contributed by atoms with Gasteiger partial charge in [0.25, 0.3) is 0 Å². The van der Waals surface area contributed by atoms with Gasteiger partial charge >= 0.3 is 0 Å². The smallest absolute Gasteiger partial charge is 0.242 e. The molecule has 6 heteroatoms. The van der Waals surface area contributed by atoms with Crippen LogP contribution in [0.4, 0.5) is 0 Å². The Kier molecular flexibility index (Phi) is 7.32. The molecule has 1 N–H and O–H groups in total. The zero-order valence-electron chi connectivity index (χ0n) is 18.4. The van der Waals surface area contributed by atoms with Crippen LogP contribution in [-0.4, -0.2) is 40.8 Å². The van der Waals surface area contributed by atoms with Crippen LogP contribution in [0.5, 0.6) is 0 Å². The normalized spacial score (nSPS) is 16.7. The average molecular weight is 448 g/mol. The Hall–Kier alpha value is -2.99. The van der Waals surface area contributed by atoms with E-state index in [4.69, 9.17) is 0 Å². The molecule has 1 aliphatic heterocycles. The average Bonchev–Trinajstić information content (AvgIpc) is 3.51. The summed E-state index contributed by atoms with van der Waals surface area (Å²) in [5.74, 6) is -0.198. The van der Waals surface area contributed by atoms with Gasteiger partial charge in [0.15, 0.2) is 0 Å². The highest BCUT2D eigenvalue weighted by atomic mass is 32.1. The van der Waals surface area contributed by atoms with Gasteiger partial charge in [0.05, 0.1) is 11.6 Å². The van der Waals surface area contributed by atoms with E-state index < -0.39 is 0 Å². The van der Waals surface area contributed by atoms with Gasteiger partial charge < -0.3 is 10.2 Å². The second-order valence-electron chi connectivity index (χ2n) is 8.11. The topological polar surface area (TPSA) is 62.3 Å². The van der Waals surface area contributed by atoms with Crippen molar-refractivity contribution in [2.75, 3.05) is 13.1 Å². The molecule has 3 aromatic rings. The lowest BCUT2D eigenvalue weighted by molar-refractivity contribution is -0.139. The number of thiazole rings is 1. The Morgan fingerprint density at radius 3 is 2.56 bits per heavy atom. The number of hydrogen-bond acceptors (Lipinski definition) is 4. The van der Waals surface area contributed by atoms with Crippen molar-refractivity contribution in [3.63, 3.8) is 0 Å². The van der Waals surface area contributed by atoms with Gasteiger partial charge in [-0.2, -0.15) is 0 Å². The summed E-state index contributed by atoms with van der Waals surface area (Å²) in [6.45, 7) is 3.19. The van der Waals surface area contributed by atoms with Crippen LogP contribution in [0.2, 0.25) is 0 Å². The van der Waals surface area contributed by atoms with Gasteiger partial charge in [-0.15, -0.1) is 11.3 Å². The Bertz CT molecular complexity index is 1040. The summed E-state index contributed by atoms with van der Waals surface area (Å²) in [5, 5.41) is 6.07. The highest BCUT2D eigenvalue weighted by Gasteiger charge is 2.36. The van der Waals surface area contributed by atoms with Crippen LogP contribution in [0.1, 0.15) is 43.4 Å². The molecule has 0 spiro atoms. The van der Waals surface area contributed by atoms with E-state index in [2.05, 4.69) is 22.4 Å². The minimum Gasteiger partial charge on any atom is -0.354 e. The summed E-state index contributed by atoms with van der Waals surface area (Å²) >= 11 is 1.62. The van der Waals surface area contributed by atoms with Gasteiger partial charge in [-0.1, -0.05) is 67.6 Å². The number of likely N-dealkylation sites (tertiary alicyclic amines) is 1. The maximum Gasteiger partial charge on any atom is 0.242 e. The molecule has 5 nitrogen and oxygen atoms in total. The van der Waals surface area contributed by atoms with Crippen molar-refractivity contribution in [3.05, 3.63) is 77.3 Å². The first-order chi connectivity index (χ1) is 15.7. The summed E-state index contributed by atoms with van der Waals surface area (Å²) in [6.07, 6.45) is 2.98. The number of carbonyl (C=O) groups is 2. The molecular formula is C26H29N3O2S. The van der Waals surface area contributed by atoms with Crippen LogP contribution < -0.4 is 5.32 Å². The van der Waals surface area contributed by atoms with Crippen molar-refractivity contribution >= 4 is 23.2 Å². The number of nitrogens with zero attached hydrogens (tertiary/aromatic N) is 2. The van der Waals surface area contributed by atoms with Crippen molar-refractivity contribution in [3.8, 4) is 10.6 Å². The van der Waals surface area contributed by atoms with Gasteiger partial charge in [-0.3, -0.25) is 9.59 Å². The Morgan fingerprint density at radius 1 is 1.12 bits per heavy atom. The van der Waals surface area contributed by atoms with E-state index in [1.165, 1.54) is 0 Å². The second kappa shape index (κ2) is 10.6. The van der Waals surface area contributed by atoms with E-state index in [1.54, 1.807) is 16.2 Å². The van der Waals surface area contributed by atoms with Gasteiger partial charge in [-0.25, -0.2) is 4.98 Å². The molecule has 4 rings (SSSR count). The van der Waals surface area contributed by atoms with Gasteiger partial charge in [-0.05, 0) is 24.8 Å². The van der Waals surface area contributed by atoms with Crippen molar-refractivity contribution in [2.24, 2.45) is 0 Å². The van der Waals surface area contributed by atoms with Crippen LogP contribution in [-0.2, 0) is 16.0 Å². The summed E-state index contributed by atoms with van der Waals surface area (Å²) in [6, 6.07) is 19.6. The largest absolute Gasteiger partial charge is 0.354 e. The van der Waals surface area contributed by atoms with E-state index in [0.717, 1.165) is 41.1 Å². The third kappa shape index (κ3) is 5.07. The molecule has 1 aliphatic rings. The zero-order chi connectivity index (χ0) is 22.3. The maximum absolute atomic E-state index is 13.3. The fraction of sp³-hybridized carbons (Fsp3) is 0.346. The number of hydrogen-bond donors (Lipinski definition) is 1. The lowest BCUT2D eigenvalue weighted by Gasteiger charge is -2.28. The third-order valence-corrected chi connectivity index (χ3v) is 6.94. The monoisotopic (exact) mass is 447 g/mol. The molecule has 1 fully saturated rings. The molecule has 0 bridgehead atoms. The fourth-order valence-electron chi connectivity index (χ4n) is 4.31. The first kappa shape index (κ1) is 22.2. The first-order valence-electron chi connectivity index (χ1n) is 11.3. The number of carbonyl (C=O) groups excluding carboxylic acids is 2. The minimum absolute atomic E-state index is 0.0581. The number of aromatic nitrogens is 1. The second-order valence-corrected chi connectivity index (χ2v) is 8.97. The molecule has 2 amide bonds. The summed E-state index contributed by atoms with van der Waals surface area (Å²) < 4.78 is 0. The molecule has 0 radical (unpaired) electrons. The van der Waals surface area contributed by atoms with Crippen LogP contribution in [0.15, 0.2) is 66.0 Å². The Balaban J connectivity index is 1.33.